The number of carboxylic acid groups (broad SMARTS) is 1. The van der Waals surface area contributed by atoms with E-state index in [4.69, 9.17) is 5.11 Å². The van der Waals surface area contributed by atoms with Crippen molar-refractivity contribution in [1.82, 2.24) is 14.8 Å². The lowest BCUT2D eigenvalue weighted by atomic mass is 10.2. The van der Waals surface area contributed by atoms with Gasteiger partial charge in [0.05, 0.1) is 17.8 Å². The first kappa shape index (κ1) is 10.4. The number of carbonyl (C=O) groups is 1. The van der Waals surface area contributed by atoms with Crippen molar-refractivity contribution in [3.63, 3.8) is 0 Å². The van der Waals surface area contributed by atoms with Gasteiger partial charge < -0.3 is 5.11 Å². The predicted molar refractivity (Wildman–Crippen MR) is 57.3 cm³/mol. The molecule has 0 radical (unpaired) electrons. The van der Waals surface area contributed by atoms with Crippen molar-refractivity contribution in [3.8, 4) is 0 Å². The van der Waals surface area contributed by atoms with Crippen molar-refractivity contribution in [2.45, 2.75) is 13.5 Å². The molecule has 0 amide bonds. The first-order valence-corrected chi connectivity index (χ1v) is 4.83. The molecule has 2 aromatic heterocycles. The van der Waals surface area contributed by atoms with Gasteiger partial charge in [0.2, 0.25) is 0 Å². The van der Waals surface area contributed by atoms with E-state index >= 15 is 0 Å². The molecule has 0 saturated heterocycles. The molecule has 0 atom stereocenters. The van der Waals surface area contributed by atoms with Crippen molar-refractivity contribution >= 4 is 5.97 Å². The van der Waals surface area contributed by atoms with Gasteiger partial charge in [-0.2, -0.15) is 5.10 Å². The number of hydrogen-bond donors (Lipinski definition) is 1. The number of aryl methyl sites for hydroxylation is 1. The van der Waals surface area contributed by atoms with E-state index in [-0.39, 0.29) is 5.56 Å². The van der Waals surface area contributed by atoms with Crippen molar-refractivity contribution in [2.75, 3.05) is 0 Å². The van der Waals surface area contributed by atoms with E-state index in [1.807, 2.05) is 17.7 Å². The van der Waals surface area contributed by atoms with Crippen LogP contribution in [0.1, 0.15) is 21.7 Å². The molecule has 5 nitrogen and oxygen atoms in total. The second kappa shape index (κ2) is 4.14. The fourth-order valence-corrected chi connectivity index (χ4v) is 1.36. The first-order chi connectivity index (χ1) is 7.66. The Bertz CT molecular complexity index is 502. The molecule has 0 aliphatic carbocycles. The van der Waals surface area contributed by atoms with Gasteiger partial charge in [0.15, 0.2) is 0 Å². The van der Waals surface area contributed by atoms with E-state index in [2.05, 4.69) is 10.1 Å². The minimum absolute atomic E-state index is 0.195. The monoisotopic (exact) mass is 217 g/mol. The number of hydrogen-bond acceptors (Lipinski definition) is 3. The van der Waals surface area contributed by atoms with Crippen LogP contribution in [0.5, 0.6) is 0 Å². The first-order valence-electron chi connectivity index (χ1n) is 4.83. The molecule has 0 fully saturated rings. The largest absolute Gasteiger partial charge is 0.478 e. The molecule has 0 saturated carbocycles. The van der Waals surface area contributed by atoms with Gasteiger partial charge >= 0.3 is 5.97 Å². The molecule has 0 unspecified atom stereocenters. The number of aromatic carboxylic acids is 1. The van der Waals surface area contributed by atoms with Crippen LogP contribution in [0.4, 0.5) is 0 Å². The molecule has 2 aromatic rings. The Morgan fingerprint density at radius 1 is 1.44 bits per heavy atom. The lowest BCUT2D eigenvalue weighted by Crippen LogP contribution is -2.06. The summed E-state index contributed by atoms with van der Waals surface area (Å²) in [5.74, 6) is -0.964. The summed E-state index contributed by atoms with van der Waals surface area (Å²) < 4.78 is 1.81. The van der Waals surface area contributed by atoms with Gasteiger partial charge in [0, 0.05) is 18.1 Å². The Kier molecular flexibility index (Phi) is 2.68. The molecule has 82 valence electrons. The second-order valence-corrected chi connectivity index (χ2v) is 3.47. The SMILES string of the molecule is Cc1ccnn1Cc1ccc(C(=O)O)cn1. The molecule has 2 rings (SSSR count). The molecule has 2 heterocycles. The fraction of sp³-hybridized carbons (Fsp3) is 0.182. The van der Waals surface area contributed by atoms with Gasteiger partial charge in [0.1, 0.15) is 0 Å². The summed E-state index contributed by atoms with van der Waals surface area (Å²) >= 11 is 0. The average Bonchev–Trinajstić information content (AvgIpc) is 2.65. The van der Waals surface area contributed by atoms with Gasteiger partial charge in [-0.25, -0.2) is 4.79 Å². The topological polar surface area (TPSA) is 68.0 Å². The zero-order chi connectivity index (χ0) is 11.5. The van der Waals surface area contributed by atoms with E-state index in [1.54, 1.807) is 18.3 Å². The van der Waals surface area contributed by atoms with Crippen LogP contribution in [0.25, 0.3) is 0 Å². The lowest BCUT2D eigenvalue weighted by molar-refractivity contribution is 0.0696. The van der Waals surface area contributed by atoms with Gasteiger partial charge in [0.25, 0.3) is 0 Å². The van der Waals surface area contributed by atoms with E-state index in [1.165, 1.54) is 6.20 Å². The Balaban J connectivity index is 2.17. The third-order valence-corrected chi connectivity index (χ3v) is 2.31. The van der Waals surface area contributed by atoms with Crippen LogP contribution >= 0.6 is 0 Å². The fourth-order valence-electron chi connectivity index (χ4n) is 1.36. The van der Waals surface area contributed by atoms with E-state index < -0.39 is 5.97 Å². The van der Waals surface area contributed by atoms with E-state index in [9.17, 15) is 4.79 Å². The highest BCUT2D eigenvalue weighted by molar-refractivity contribution is 5.87. The van der Waals surface area contributed by atoms with Crippen molar-refractivity contribution in [3.05, 3.63) is 47.5 Å². The molecule has 5 heteroatoms. The van der Waals surface area contributed by atoms with Crippen LogP contribution in [0.3, 0.4) is 0 Å². The van der Waals surface area contributed by atoms with Gasteiger partial charge in [-0.15, -0.1) is 0 Å². The Morgan fingerprint density at radius 2 is 2.25 bits per heavy atom. The highest BCUT2D eigenvalue weighted by Crippen LogP contribution is 2.04. The molecular weight excluding hydrogens is 206 g/mol. The van der Waals surface area contributed by atoms with Crippen LogP contribution in [0.15, 0.2) is 30.6 Å². The Hall–Kier alpha value is -2.17. The Labute approximate surface area is 92.4 Å². The summed E-state index contributed by atoms with van der Waals surface area (Å²) in [5, 5.41) is 12.8. The standard InChI is InChI=1S/C11H11N3O2/c1-8-4-5-13-14(8)7-10-3-2-9(6-12-10)11(15)16/h2-6H,7H2,1H3,(H,15,16). The minimum atomic E-state index is -0.964. The molecule has 0 aliphatic rings. The number of aromatic nitrogens is 3. The number of rotatable bonds is 3. The van der Waals surface area contributed by atoms with Crippen molar-refractivity contribution < 1.29 is 9.90 Å². The highest BCUT2D eigenvalue weighted by Gasteiger charge is 2.04. The highest BCUT2D eigenvalue weighted by atomic mass is 16.4. The zero-order valence-electron chi connectivity index (χ0n) is 8.79. The number of pyridine rings is 1. The lowest BCUT2D eigenvalue weighted by Gasteiger charge is -2.03. The van der Waals surface area contributed by atoms with Crippen LogP contribution in [-0.4, -0.2) is 25.8 Å². The average molecular weight is 217 g/mol. The molecular formula is C11H11N3O2. The number of nitrogens with zero attached hydrogens (tertiary/aromatic N) is 3. The summed E-state index contributed by atoms with van der Waals surface area (Å²) in [6, 6.07) is 5.15. The van der Waals surface area contributed by atoms with Crippen LogP contribution in [-0.2, 0) is 6.54 Å². The van der Waals surface area contributed by atoms with Gasteiger partial charge in [-0.1, -0.05) is 0 Å². The van der Waals surface area contributed by atoms with Gasteiger partial charge in [-0.3, -0.25) is 9.67 Å². The van der Waals surface area contributed by atoms with E-state index in [0.717, 1.165) is 11.4 Å². The zero-order valence-corrected chi connectivity index (χ0v) is 8.79. The molecule has 0 aromatic carbocycles. The van der Waals surface area contributed by atoms with Crippen LogP contribution in [0, 0.1) is 6.92 Å². The van der Waals surface area contributed by atoms with Crippen molar-refractivity contribution in [2.24, 2.45) is 0 Å². The maximum Gasteiger partial charge on any atom is 0.337 e. The van der Waals surface area contributed by atoms with E-state index in [0.29, 0.717) is 6.54 Å². The molecule has 16 heavy (non-hydrogen) atoms. The van der Waals surface area contributed by atoms with Gasteiger partial charge in [-0.05, 0) is 25.1 Å². The molecule has 0 bridgehead atoms. The summed E-state index contributed by atoms with van der Waals surface area (Å²) in [4.78, 5) is 14.7. The molecule has 0 spiro atoms. The third-order valence-electron chi connectivity index (χ3n) is 2.31. The third kappa shape index (κ3) is 2.08. The maximum atomic E-state index is 10.6. The second-order valence-electron chi connectivity index (χ2n) is 3.47. The minimum Gasteiger partial charge on any atom is -0.478 e. The van der Waals surface area contributed by atoms with Crippen molar-refractivity contribution in [1.29, 1.82) is 0 Å². The smallest absolute Gasteiger partial charge is 0.337 e. The summed E-state index contributed by atoms with van der Waals surface area (Å²) in [7, 11) is 0. The summed E-state index contributed by atoms with van der Waals surface area (Å²) in [6.07, 6.45) is 3.08. The predicted octanol–water partition coefficient (Wildman–Crippen LogP) is 1.33. The summed E-state index contributed by atoms with van der Waals surface area (Å²) in [5.41, 5.74) is 2.03. The van der Waals surface area contributed by atoms with Crippen LogP contribution < -0.4 is 0 Å². The maximum absolute atomic E-state index is 10.6. The Morgan fingerprint density at radius 3 is 2.75 bits per heavy atom. The summed E-state index contributed by atoms with van der Waals surface area (Å²) in [6.45, 7) is 2.51. The van der Waals surface area contributed by atoms with Crippen LogP contribution in [0.2, 0.25) is 0 Å². The molecule has 0 aliphatic heterocycles. The number of carboxylic acids is 1. The normalized spacial score (nSPS) is 10.3. The molecule has 1 N–H and O–H groups in total. The quantitative estimate of drug-likeness (QED) is 0.842.